The molecule has 119 heavy (non-hydrogen) atoms. The minimum atomic E-state index is -1.37. The number of aliphatic hydroxyl groups excluding tert-OH is 2. The molecule has 5 fully saturated rings. The molecule has 5 aliphatic rings. The van der Waals surface area contributed by atoms with Gasteiger partial charge >= 0.3 is 29.8 Å². The summed E-state index contributed by atoms with van der Waals surface area (Å²) in [6.07, 6.45) is 16.8. The van der Waals surface area contributed by atoms with Crippen LogP contribution in [-0.2, 0) is 129 Å². The van der Waals surface area contributed by atoms with Gasteiger partial charge in [-0.1, -0.05) is 86.0 Å². The second-order valence-electron chi connectivity index (χ2n) is 24.8. The van der Waals surface area contributed by atoms with Gasteiger partial charge in [-0.3, -0.25) is 48.5 Å². The first-order valence-electron chi connectivity index (χ1n) is 38.9. The van der Waals surface area contributed by atoms with Crippen LogP contribution in [0.1, 0.15) is 158 Å². The number of aliphatic hydroxyl groups is 2. The molecule has 3 heterocycles. The van der Waals surface area contributed by atoms with Crippen LogP contribution >= 0.6 is 11.6 Å². The third-order valence-electron chi connectivity index (χ3n) is 15.0. The Bertz CT molecular complexity index is 2860. The van der Waals surface area contributed by atoms with Crippen molar-refractivity contribution in [3.63, 3.8) is 0 Å². The lowest BCUT2D eigenvalue weighted by atomic mass is 9.96. The zero-order valence-electron chi connectivity index (χ0n) is 70.2. The maximum atomic E-state index is 11.3. The van der Waals surface area contributed by atoms with Crippen molar-refractivity contribution >= 4 is 106 Å². The Kier molecular flexibility index (Phi) is 82.7. The fourth-order valence-electron chi connectivity index (χ4n) is 9.14. The summed E-state index contributed by atoms with van der Waals surface area (Å²) in [6.45, 7) is 32.5. The van der Waals surface area contributed by atoms with Crippen molar-refractivity contribution in [1.82, 2.24) is 30.3 Å². The molecule has 7 amide bonds. The summed E-state index contributed by atoms with van der Waals surface area (Å²) < 4.78 is 48.5. The highest BCUT2D eigenvalue weighted by Crippen LogP contribution is 2.22. The molecule has 0 radical (unpaired) electrons. The molecule has 2 saturated carbocycles. The molecular formula is C76H129ClN9O33-. The molecule has 0 aromatic heterocycles. The highest BCUT2D eigenvalue weighted by molar-refractivity contribution is 6.66. The van der Waals surface area contributed by atoms with Crippen molar-refractivity contribution in [2.24, 2.45) is 9.98 Å². The Morgan fingerprint density at radius 2 is 0.815 bits per heavy atom. The minimum absolute atomic E-state index is 0.0288. The van der Waals surface area contributed by atoms with Crippen LogP contribution in [0.15, 0.2) is 47.9 Å². The summed E-state index contributed by atoms with van der Waals surface area (Å²) in [6, 6.07) is 5.42. The van der Waals surface area contributed by atoms with Crippen LogP contribution in [-0.4, -0.2) is 335 Å². The molecule has 0 aromatic rings. The predicted octanol–water partition coefficient (Wildman–Crippen LogP) is -0.574. The van der Waals surface area contributed by atoms with Gasteiger partial charge in [0.05, 0.1) is 129 Å². The van der Waals surface area contributed by atoms with Gasteiger partial charge in [-0.2, -0.15) is 5.06 Å². The van der Waals surface area contributed by atoms with Crippen LogP contribution in [0.4, 0.5) is 0 Å². The number of allylic oxidation sites excluding steroid dienone is 1. The number of aliphatic imine (C=N–C) groups is 2. The number of esters is 2. The van der Waals surface area contributed by atoms with Gasteiger partial charge in [-0.25, -0.2) is 34.0 Å². The average Bonchev–Trinajstić information content (AvgIpc) is 1.71. The lowest BCUT2D eigenvalue weighted by molar-refractivity contribution is -0.396. The molecule has 3 aliphatic heterocycles. The monoisotopic (exact) mass is 1730 g/mol. The number of hydrogen-bond donors (Lipinski definition) is 6. The van der Waals surface area contributed by atoms with E-state index in [1.807, 2.05) is 0 Å². The predicted molar refractivity (Wildman–Crippen MR) is 419 cm³/mol. The molecule has 0 aromatic carbocycles. The normalized spacial score (nSPS) is 13.9. The van der Waals surface area contributed by atoms with Crippen LogP contribution in [0.3, 0.4) is 0 Å². The molecule has 5 rings (SSSR count). The summed E-state index contributed by atoms with van der Waals surface area (Å²) in [5, 5.41) is 55.0. The van der Waals surface area contributed by atoms with Crippen molar-refractivity contribution < 1.29 is 165 Å². The number of nitrogens with one attached hydrogen (secondary N) is 1. The fraction of sp³-hybridized carbons (Fsp3) is 0.711. The van der Waals surface area contributed by atoms with E-state index in [9.17, 15) is 82.1 Å². The number of carbonyl (C=O) groups is 15. The molecule has 2 aliphatic carbocycles. The van der Waals surface area contributed by atoms with E-state index in [4.69, 9.17) is 65.3 Å². The summed E-state index contributed by atoms with van der Waals surface area (Å²) in [5.41, 5.74) is 3.02. The Morgan fingerprint density at radius 3 is 1.07 bits per heavy atom. The Hall–Kier alpha value is -8.82. The lowest BCUT2D eigenvalue weighted by Gasteiger charge is -2.28. The zero-order chi connectivity index (χ0) is 91.0. The number of rotatable bonds is 46. The highest BCUT2D eigenvalue weighted by Gasteiger charge is 2.34. The number of imide groups is 3. The van der Waals surface area contributed by atoms with Crippen molar-refractivity contribution in [2.45, 2.75) is 182 Å². The molecule has 43 heteroatoms. The fourth-order valence-corrected chi connectivity index (χ4v) is 9.14. The Labute approximate surface area is 700 Å². The molecule has 0 spiro atoms. The molecule has 3 saturated heterocycles. The first-order valence-corrected chi connectivity index (χ1v) is 39.3. The van der Waals surface area contributed by atoms with Crippen LogP contribution < -0.4 is 21.3 Å². The number of halogens is 1. The summed E-state index contributed by atoms with van der Waals surface area (Å²) in [7, 11) is 0. The summed E-state index contributed by atoms with van der Waals surface area (Å²) >= 11 is 4.71. The SMILES string of the molecule is C(=NC1CCCCC1)=NC1CCCCC1.C=CC(=O)Cl.C=CC(=O)OCCOCCOCC(=O)NCC(=O)[O-].C=CC(=O)OCCOCCOCC(=O)ON1C(=O)CCC1=O.CCN(C(C)C)C(C)C.CCN(CC)CC.O=C(COCCOCCO)ON1C(=O)CCC1=O.O=C(O)COCCOCCO.O=C1CCC(=O)N1O.[NH3+]CC(=O)[O-]. The van der Waals surface area contributed by atoms with E-state index < -0.39 is 102 Å². The minimum Gasteiger partial charge on any atom is -0.548 e. The van der Waals surface area contributed by atoms with E-state index in [2.05, 4.69) is 136 Å². The van der Waals surface area contributed by atoms with Gasteiger partial charge in [-0.05, 0) is 97.2 Å². The van der Waals surface area contributed by atoms with Crippen LogP contribution in [0.5, 0.6) is 0 Å². The molecule has 0 bridgehead atoms. The van der Waals surface area contributed by atoms with Crippen molar-refractivity contribution in [3.05, 3.63) is 38.0 Å². The highest BCUT2D eigenvalue weighted by atomic mass is 35.5. The van der Waals surface area contributed by atoms with Crippen LogP contribution in [0.25, 0.3) is 0 Å². The molecule has 684 valence electrons. The number of aliphatic carboxylic acids is 3. The number of carboxylic acids is 3. The largest absolute Gasteiger partial charge is 0.548 e. The van der Waals surface area contributed by atoms with Gasteiger partial charge in [0, 0.05) is 62.8 Å². The van der Waals surface area contributed by atoms with Crippen molar-refractivity contribution in [2.75, 3.05) is 171 Å². The third kappa shape index (κ3) is 77.5. The van der Waals surface area contributed by atoms with Gasteiger partial charge < -0.3 is 108 Å². The average molecular weight is 1730 g/mol. The third-order valence-corrected chi connectivity index (χ3v) is 15.2. The smallest absolute Gasteiger partial charge is 0.358 e. The number of carbonyl (C=O) groups excluding carboxylic acids is 14. The number of carboxylic acid groups (broad SMARTS) is 3. The first kappa shape index (κ1) is 119. The second kappa shape index (κ2) is 82.9. The van der Waals surface area contributed by atoms with Gasteiger partial charge in [-0.15, -0.1) is 10.1 Å². The van der Waals surface area contributed by atoms with Crippen molar-refractivity contribution in [3.8, 4) is 0 Å². The van der Waals surface area contributed by atoms with Gasteiger partial charge in [0.2, 0.25) is 11.1 Å². The van der Waals surface area contributed by atoms with E-state index in [1.54, 1.807) is 0 Å². The number of nitrogens with zero attached hydrogens (tertiary/aromatic N) is 7. The second-order valence-corrected chi connectivity index (χ2v) is 25.2. The Balaban J connectivity index is -0.000000418. The molecular weight excluding hydrogens is 1600 g/mol. The number of hydrogen-bond acceptors (Lipinski definition) is 36. The number of hydroxylamine groups is 6. The van der Waals surface area contributed by atoms with Crippen LogP contribution in [0.2, 0.25) is 0 Å². The molecule has 0 atom stereocenters. The number of quaternary nitrogens is 1. The van der Waals surface area contributed by atoms with Crippen LogP contribution in [0, 0.1) is 0 Å². The topological polar surface area (TPSA) is 574 Å². The zero-order valence-corrected chi connectivity index (χ0v) is 71.0. The quantitative estimate of drug-likeness (QED) is 0.00845. The van der Waals surface area contributed by atoms with Crippen molar-refractivity contribution in [1.29, 1.82) is 0 Å². The van der Waals surface area contributed by atoms with E-state index in [0.29, 0.717) is 40.9 Å². The van der Waals surface area contributed by atoms with E-state index >= 15 is 0 Å². The van der Waals surface area contributed by atoms with E-state index in [1.165, 1.54) is 83.8 Å². The number of ether oxygens (including phenoxy) is 10. The number of amides is 7. The summed E-state index contributed by atoms with van der Waals surface area (Å²) in [5.74, 6) is -9.90. The van der Waals surface area contributed by atoms with Gasteiger partial charge in [0.1, 0.15) is 46.2 Å². The maximum Gasteiger partial charge on any atom is 0.358 e. The molecule has 8 N–H and O–H groups in total. The van der Waals surface area contributed by atoms with E-state index in [-0.39, 0.29) is 169 Å². The maximum absolute atomic E-state index is 11.3. The Morgan fingerprint density at radius 1 is 0.504 bits per heavy atom. The first-order chi connectivity index (χ1) is 56.7. The lowest BCUT2D eigenvalue weighted by Crippen LogP contribution is -2.58. The molecule has 0 unspecified atom stereocenters. The summed E-state index contributed by atoms with van der Waals surface area (Å²) in [4.78, 5) is 181. The standard InChI is InChI=1S/C13H22N2.C13H17NO8.C11H17NO7.C10H15NO7.C8H19N.C6H15N.C6H12O5.C4H5NO3.C3H3ClO.C2H5NO2/c1-3-7-12(8-4-1)14-11-15-13-9-5-2-6-10-13;1-2-12(17)21-8-7-19-5-6-20-9-13(18)22-14-10(15)3-4-11(14)16;1-2-11(16)19-6-5-17-3-4-18-8-9(13)12-7-10(14)15;12-3-4-16-5-6-17-7-10(15)18-11-8(13)1-2-9(11)14;1-6-9(7(2)3)8(4)5;1-4-7(5-2)6-3;7-1-2-10-3-4-11-5-6(8)9;6-3-1-2-4(7)5(3)8;1-2-3(4)5;3-1-2(4)5/h12-13H,1-10H2;2H,1,3-9H2;2H,1,3-8H2,(H,12,13)(H,14,15);12H,1-7H2;7-8H,6H2,1-5H3;4-6H2,1-3H3;7H,1-5H2,(H,8,9);8H,1-2H2;2H,1H2;1,3H2,(H,4,5)/p-1. The van der Waals surface area contributed by atoms with Gasteiger partial charge in [0.15, 0.2) is 0 Å². The molecule has 42 nitrogen and oxygen atoms in total. The van der Waals surface area contributed by atoms with Gasteiger partial charge in [0.25, 0.3) is 35.4 Å². The van der Waals surface area contributed by atoms with E-state index in [0.717, 1.165) is 24.8 Å².